The number of benzene rings is 1. The highest BCUT2D eigenvalue weighted by Crippen LogP contribution is 2.12. The van der Waals surface area contributed by atoms with Gasteiger partial charge in [0, 0.05) is 6.42 Å². The molecule has 0 atom stereocenters. The zero-order valence-electron chi connectivity index (χ0n) is 8.07. The number of rotatable bonds is 2. The highest BCUT2D eigenvalue weighted by atomic mass is 15.1. The summed E-state index contributed by atoms with van der Waals surface area (Å²) in [6.45, 7) is 2.56. The van der Waals surface area contributed by atoms with E-state index in [2.05, 4.69) is 15.2 Å². The van der Waals surface area contributed by atoms with E-state index in [1.165, 1.54) is 0 Å². The molecule has 4 heteroatoms. The van der Waals surface area contributed by atoms with Crippen LogP contribution in [0.3, 0.4) is 0 Å². The van der Waals surface area contributed by atoms with E-state index in [9.17, 15) is 0 Å². The lowest BCUT2D eigenvalue weighted by atomic mass is 10.2. The molecule has 0 spiro atoms. The molecular weight excluding hydrogens is 176 g/mol. The van der Waals surface area contributed by atoms with Gasteiger partial charge >= 0.3 is 0 Å². The first-order valence-corrected chi connectivity index (χ1v) is 4.60. The van der Waals surface area contributed by atoms with Crippen molar-refractivity contribution in [1.29, 1.82) is 0 Å². The van der Waals surface area contributed by atoms with Gasteiger partial charge in [0.05, 0.1) is 5.52 Å². The third kappa shape index (κ3) is 1.56. The molecule has 4 nitrogen and oxygen atoms in total. The van der Waals surface area contributed by atoms with Crippen LogP contribution in [0.25, 0.3) is 11.0 Å². The van der Waals surface area contributed by atoms with E-state index < -0.39 is 0 Å². The Morgan fingerprint density at radius 1 is 1.29 bits per heavy atom. The molecule has 1 aromatic carbocycles. The number of hydrogen-bond acceptors (Lipinski definition) is 4. The summed E-state index contributed by atoms with van der Waals surface area (Å²) in [4.78, 5) is 4.37. The van der Waals surface area contributed by atoms with Gasteiger partial charge in [-0.1, -0.05) is 12.1 Å². The normalized spacial score (nSPS) is 10.7. The Kier molecular flexibility index (Phi) is 2.37. The quantitative estimate of drug-likeness (QED) is 0.758. The highest BCUT2D eigenvalue weighted by Gasteiger charge is 2.02. The van der Waals surface area contributed by atoms with Crippen LogP contribution >= 0.6 is 0 Å². The second-order valence-electron chi connectivity index (χ2n) is 3.21. The summed E-state index contributed by atoms with van der Waals surface area (Å²) in [6.07, 6.45) is 0.677. The van der Waals surface area contributed by atoms with Crippen LogP contribution in [-0.2, 0) is 6.42 Å². The van der Waals surface area contributed by atoms with E-state index >= 15 is 0 Å². The Morgan fingerprint density at radius 2 is 2.14 bits per heavy atom. The van der Waals surface area contributed by atoms with E-state index in [0.29, 0.717) is 18.8 Å². The van der Waals surface area contributed by atoms with Crippen LogP contribution in [0.2, 0.25) is 0 Å². The van der Waals surface area contributed by atoms with Crippen LogP contribution < -0.4 is 5.73 Å². The van der Waals surface area contributed by atoms with Crippen molar-refractivity contribution in [2.45, 2.75) is 13.3 Å². The minimum Gasteiger partial charge on any atom is -0.330 e. The molecule has 2 rings (SSSR count). The zero-order valence-corrected chi connectivity index (χ0v) is 8.07. The van der Waals surface area contributed by atoms with E-state index in [1.54, 1.807) is 0 Å². The molecule has 14 heavy (non-hydrogen) atoms. The van der Waals surface area contributed by atoms with Gasteiger partial charge in [0.2, 0.25) is 0 Å². The van der Waals surface area contributed by atoms with Gasteiger partial charge in [-0.2, -0.15) is 0 Å². The summed E-state index contributed by atoms with van der Waals surface area (Å²) in [5.74, 6) is 0.714. The molecule has 2 aromatic rings. The van der Waals surface area contributed by atoms with Crippen LogP contribution in [0.15, 0.2) is 18.2 Å². The van der Waals surface area contributed by atoms with Crippen molar-refractivity contribution >= 4 is 11.0 Å². The van der Waals surface area contributed by atoms with Gasteiger partial charge < -0.3 is 5.73 Å². The Balaban J connectivity index is 2.56. The summed E-state index contributed by atoms with van der Waals surface area (Å²) in [5.41, 5.74) is 8.29. The number of aryl methyl sites for hydroxylation is 1. The molecule has 0 fully saturated rings. The van der Waals surface area contributed by atoms with Crippen LogP contribution in [0.4, 0.5) is 0 Å². The van der Waals surface area contributed by atoms with Gasteiger partial charge in [-0.25, -0.2) is 4.98 Å². The van der Waals surface area contributed by atoms with Crippen LogP contribution in [0.5, 0.6) is 0 Å². The monoisotopic (exact) mass is 188 g/mol. The van der Waals surface area contributed by atoms with Gasteiger partial charge in [-0.3, -0.25) is 0 Å². The van der Waals surface area contributed by atoms with Crippen molar-refractivity contribution in [2.24, 2.45) is 5.73 Å². The number of hydrogen-bond donors (Lipinski definition) is 1. The molecule has 0 unspecified atom stereocenters. The van der Waals surface area contributed by atoms with Crippen molar-refractivity contribution in [3.63, 3.8) is 0 Å². The fourth-order valence-electron chi connectivity index (χ4n) is 1.37. The summed E-state index contributed by atoms with van der Waals surface area (Å²) in [5, 5.41) is 8.15. The summed E-state index contributed by atoms with van der Waals surface area (Å²) in [6, 6.07) is 5.91. The first-order chi connectivity index (χ1) is 6.81. The smallest absolute Gasteiger partial charge is 0.152 e. The molecule has 2 N–H and O–H groups in total. The fourth-order valence-corrected chi connectivity index (χ4v) is 1.37. The van der Waals surface area contributed by atoms with Crippen molar-refractivity contribution in [2.75, 3.05) is 6.54 Å². The van der Waals surface area contributed by atoms with E-state index in [1.807, 2.05) is 25.1 Å². The fraction of sp³-hybridized carbons (Fsp3) is 0.300. The van der Waals surface area contributed by atoms with Crippen LogP contribution in [0, 0.1) is 6.92 Å². The molecule has 1 aromatic heterocycles. The molecule has 0 radical (unpaired) electrons. The summed E-state index contributed by atoms with van der Waals surface area (Å²) < 4.78 is 0. The van der Waals surface area contributed by atoms with Gasteiger partial charge in [0.1, 0.15) is 5.52 Å². The van der Waals surface area contributed by atoms with Gasteiger partial charge in [-0.15, -0.1) is 10.2 Å². The van der Waals surface area contributed by atoms with Crippen molar-refractivity contribution in [3.8, 4) is 0 Å². The molecule has 0 saturated carbocycles. The minimum atomic E-state index is 0.555. The Morgan fingerprint density at radius 3 is 2.93 bits per heavy atom. The maximum absolute atomic E-state index is 5.43. The molecule has 0 aliphatic rings. The van der Waals surface area contributed by atoms with E-state index in [0.717, 1.165) is 16.6 Å². The number of nitrogens with two attached hydrogens (primary N) is 1. The molecule has 0 saturated heterocycles. The summed E-state index contributed by atoms with van der Waals surface area (Å²) >= 11 is 0. The molecule has 1 heterocycles. The largest absolute Gasteiger partial charge is 0.330 e. The highest BCUT2D eigenvalue weighted by molar-refractivity contribution is 5.76. The van der Waals surface area contributed by atoms with E-state index in [4.69, 9.17) is 5.73 Å². The Labute approximate surface area is 82.2 Å². The first-order valence-electron chi connectivity index (χ1n) is 4.60. The topological polar surface area (TPSA) is 64.7 Å². The second-order valence-corrected chi connectivity index (χ2v) is 3.21. The standard InChI is InChI=1S/C10H12N4/c1-7-3-2-4-8-10(7)14-13-9(12-8)5-6-11/h2-4H,5-6,11H2,1H3. The summed E-state index contributed by atoms with van der Waals surface area (Å²) in [7, 11) is 0. The lowest BCUT2D eigenvalue weighted by Crippen LogP contribution is -2.07. The number of aromatic nitrogens is 3. The van der Waals surface area contributed by atoms with Crippen LogP contribution in [-0.4, -0.2) is 21.7 Å². The van der Waals surface area contributed by atoms with E-state index in [-0.39, 0.29) is 0 Å². The van der Waals surface area contributed by atoms with Gasteiger partial charge in [0.15, 0.2) is 5.82 Å². The second kappa shape index (κ2) is 3.67. The molecule has 72 valence electrons. The zero-order chi connectivity index (χ0) is 9.97. The third-order valence-electron chi connectivity index (χ3n) is 2.10. The van der Waals surface area contributed by atoms with Crippen molar-refractivity contribution < 1.29 is 0 Å². The average Bonchev–Trinajstić information content (AvgIpc) is 2.18. The molecule has 0 bridgehead atoms. The molecule has 0 amide bonds. The average molecular weight is 188 g/mol. The minimum absolute atomic E-state index is 0.555. The maximum Gasteiger partial charge on any atom is 0.152 e. The lowest BCUT2D eigenvalue weighted by Gasteiger charge is -2.01. The van der Waals surface area contributed by atoms with Crippen molar-refractivity contribution in [3.05, 3.63) is 29.6 Å². The number of fused-ring (bicyclic) bond motifs is 1. The van der Waals surface area contributed by atoms with Crippen LogP contribution in [0.1, 0.15) is 11.4 Å². The van der Waals surface area contributed by atoms with Crippen molar-refractivity contribution in [1.82, 2.24) is 15.2 Å². The molecular formula is C10H12N4. The Hall–Kier alpha value is -1.55. The van der Waals surface area contributed by atoms with Gasteiger partial charge in [0.25, 0.3) is 0 Å². The molecule has 0 aliphatic carbocycles. The Bertz CT molecular complexity index is 453. The lowest BCUT2D eigenvalue weighted by molar-refractivity contribution is 0.831. The maximum atomic E-state index is 5.43. The predicted octanol–water partition coefficient (Wildman–Crippen LogP) is 0.834. The third-order valence-corrected chi connectivity index (χ3v) is 2.10. The SMILES string of the molecule is Cc1cccc2nc(CCN)nnc12. The number of nitrogens with zero attached hydrogens (tertiary/aromatic N) is 3. The predicted molar refractivity (Wildman–Crippen MR) is 54.8 cm³/mol. The first kappa shape index (κ1) is 9.02. The molecule has 0 aliphatic heterocycles. The van der Waals surface area contributed by atoms with Gasteiger partial charge in [-0.05, 0) is 25.1 Å².